The highest BCUT2D eigenvalue weighted by molar-refractivity contribution is 7.92. The van der Waals surface area contributed by atoms with E-state index in [0.717, 1.165) is 18.6 Å². The molecule has 1 saturated carbocycles. The van der Waals surface area contributed by atoms with Crippen LogP contribution in [-0.2, 0) is 20.2 Å². The van der Waals surface area contributed by atoms with Gasteiger partial charge in [0.15, 0.2) is 5.75 Å². The van der Waals surface area contributed by atoms with Crippen molar-refractivity contribution in [1.29, 1.82) is 0 Å². The van der Waals surface area contributed by atoms with Crippen LogP contribution in [0.5, 0.6) is 11.5 Å². The third-order valence-electron chi connectivity index (χ3n) is 5.86. The molecule has 3 aromatic rings. The molecule has 0 saturated heterocycles. The van der Waals surface area contributed by atoms with Gasteiger partial charge in [-0.1, -0.05) is 29.6 Å². The van der Waals surface area contributed by atoms with Crippen LogP contribution in [0.1, 0.15) is 24.8 Å². The summed E-state index contributed by atoms with van der Waals surface area (Å²) in [6.07, 6.45) is 3.59. The maximum Gasteiger partial charge on any atom is 0.264 e. The number of rotatable bonds is 5. The fourth-order valence-corrected chi connectivity index (χ4v) is 5.55. The third-order valence-corrected chi connectivity index (χ3v) is 7.72. The van der Waals surface area contributed by atoms with E-state index >= 15 is 0 Å². The minimum absolute atomic E-state index is 0.0761. The number of benzene rings is 2. The number of pyridine rings is 1. The Morgan fingerprint density at radius 1 is 1.12 bits per heavy atom. The Morgan fingerprint density at radius 3 is 2.58 bits per heavy atom. The van der Waals surface area contributed by atoms with Crippen molar-refractivity contribution < 1.29 is 22.3 Å². The SMILES string of the molecule is O=C1Nc2c(Oc3ccnc(Cl)c3)cc(NS(=O)(=O)c3ccc(Cl)cc3F)cc2C12CCC2. The van der Waals surface area contributed by atoms with E-state index in [2.05, 4.69) is 15.0 Å². The van der Waals surface area contributed by atoms with Gasteiger partial charge in [-0.2, -0.15) is 0 Å². The summed E-state index contributed by atoms with van der Waals surface area (Å²) >= 11 is 11.7. The molecular formula is C22H16Cl2FN3O4S. The Kier molecular flexibility index (Phi) is 5.23. The van der Waals surface area contributed by atoms with Crippen LogP contribution in [0.15, 0.2) is 53.6 Å². The van der Waals surface area contributed by atoms with Gasteiger partial charge < -0.3 is 10.1 Å². The van der Waals surface area contributed by atoms with E-state index in [1.54, 1.807) is 12.1 Å². The van der Waals surface area contributed by atoms with E-state index in [1.165, 1.54) is 24.4 Å². The van der Waals surface area contributed by atoms with Crippen molar-refractivity contribution in [3.05, 3.63) is 70.2 Å². The van der Waals surface area contributed by atoms with E-state index in [9.17, 15) is 17.6 Å². The van der Waals surface area contributed by atoms with Crippen LogP contribution in [0.4, 0.5) is 15.8 Å². The van der Waals surface area contributed by atoms with Gasteiger partial charge in [0.05, 0.1) is 16.8 Å². The molecule has 33 heavy (non-hydrogen) atoms. The van der Waals surface area contributed by atoms with Crippen LogP contribution in [0, 0.1) is 5.82 Å². The summed E-state index contributed by atoms with van der Waals surface area (Å²) in [6.45, 7) is 0. The molecule has 1 amide bonds. The molecule has 2 aliphatic rings. The molecule has 2 N–H and O–H groups in total. The van der Waals surface area contributed by atoms with Crippen LogP contribution >= 0.6 is 23.2 Å². The molecule has 2 heterocycles. The first-order valence-electron chi connectivity index (χ1n) is 9.95. The predicted molar refractivity (Wildman–Crippen MR) is 122 cm³/mol. The summed E-state index contributed by atoms with van der Waals surface area (Å²) in [5, 5.41) is 3.15. The van der Waals surface area contributed by atoms with Gasteiger partial charge in [-0.3, -0.25) is 9.52 Å². The number of anilines is 2. The van der Waals surface area contributed by atoms with Gasteiger partial charge in [-0.15, -0.1) is 0 Å². The van der Waals surface area contributed by atoms with E-state index in [1.807, 2.05) is 0 Å². The van der Waals surface area contributed by atoms with Gasteiger partial charge >= 0.3 is 0 Å². The smallest absolute Gasteiger partial charge is 0.264 e. The average Bonchev–Trinajstić information content (AvgIpc) is 2.99. The van der Waals surface area contributed by atoms with Crippen molar-refractivity contribution in [3.8, 4) is 11.5 Å². The topological polar surface area (TPSA) is 97.4 Å². The van der Waals surface area contributed by atoms with Gasteiger partial charge in [0, 0.05) is 23.4 Å². The zero-order valence-corrected chi connectivity index (χ0v) is 19.2. The zero-order chi connectivity index (χ0) is 23.4. The first kappa shape index (κ1) is 21.9. The normalized spacial score (nSPS) is 16.2. The molecule has 0 atom stereocenters. The lowest BCUT2D eigenvalue weighted by Gasteiger charge is -2.36. The number of aromatic nitrogens is 1. The van der Waals surface area contributed by atoms with Crippen molar-refractivity contribution in [2.24, 2.45) is 0 Å². The van der Waals surface area contributed by atoms with E-state index < -0.39 is 26.2 Å². The fourth-order valence-electron chi connectivity index (χ4n) is 4.12. The number of amides is 1. The van der Waals surface area contributed by atoms with Crippen molar-refractivity contribution >= 4 is 50.5 Å². The van der Waals surface area contributed by atoms with Crippen LogP contribution < -0.4 is 14.8 Å². The first-order valence-corrected chi connectivity index (χ1v) is 12.2. The van der Waals surface area contributed by atoms with Gasteiger partial charge in [-0.05, 0) is 48.7 Å². The Morgan fingerprint density at radius 2 is 1.91 bits per heavy atom. The lowest BCUT2D eigenvalue weighted by molar-refractivity contribution is -0.123. The lowest BCUT2D eigenvalue weighted by atomic mass is 9.65. The second-order valence-corrected chi connectivity index (χ2v) is 10.4. The van der Waals surface area contributed by atoms with Gasteiger partial charge in [0.25, 0.3) is 10.0 Å². The Hall–Kier alpha value is -2.88. The molecule has 1 fully saturated rings. The third kappa shape index (κ3) is 3.80. The number of ether oxygens (including phenoxy) is 1. The average molecular weight is 508 g/mol. The molecule has 1 aliphatic carbocycles. The van der Waals surface area contributed by atoms with Crippen LogP contribution in [0.3, 0.4) is 0 Å². The van der Waals surface area contributed by atoms with Gasteiger partial charge in [-0.25, -0.2) is 17.8 Å². The largest absolute Gasteiger partial charge is 0.455 e. The summed E-state index contributed by atoms with van der Waals surface area (Å²) in [4.78, 5) is 16.1. The maximum absolute atomic E-state index is 14.3. The number of fused-ring (bicyclic) bond motifs is 2. The van der Waals surface area contributed by atoms with Gasteiger partial charge in [0.1, 0.15) is 21.6 Å². The molecule has 0 radical (unpaired) electrons. The fraction of sp³-hybridized carbons (Fsp3) is 0.182. The predicted octanol–water partition coefficient (Wildman–Crippen LogP) is 5.49. The van der Waals surface area contributed by atoms with Crippen LogP contribution in [0.2, 0.25) is 10.2 Å². The molecule has 11 heteroatoms. The number of halogens is 3. The molecule has 7 nitrogen and oxygen atoms in total. The minimum Gasteiger partial charge on any atom is -0.455 e. The Labute approximate surface area is 198 Å². The van der Waals surface area contributed by atoms with Crippen LogP contribution in [-0.4, -0.2) is 19.3 Å². The van der Waals surface area contributed by atoms with E-state index in [0.29, 0.717) is 29.8 Å². The quantitative estimate of drug-likeness (QED) is 0.444. The molecule has 0 bridgehead atoms. The number of carbonyl (C=O) groups is 1. The Balaban J connectivity index is 1.59. The number of sulfonamides is 1. The highest BCUT2D eigenvalue weighted by Gasteiger charge is 2.52. The monoisotopic (exact) mass is 507 g/mol. The minimum atomic E-state index is -4.29. The standard InChI is InChI=1S/C22H16Cl2FN3O4S/c23-12-2-3-18(16(25)8-12)33(30,31)28-13-9-15-20(27-21(29)22(15)5-1-6-22)17(10-13)32-14-4-7-26-19(24)11-14/h2-4,7-11,28H,1,5-6H2,(H,27,29). The molecule has 5 rings (SSSR count). The van der Waals surface area contributed by atoms with Crippen molar-refractivity contribution in [3.63, 3.8) is 0 Å². The van der Waals surface area contributed by atoms with Crippen molar-refractivity contribution in [2.45, 2.75) is 29.6 Å². The van der Waals surface area contributed by atoms with E-state index in [-0.39, 0.29) is 27.5 Å². The molecule has 1 aromatic heterocycles. The highest BCUT2D eigenvalue weighted by atomic mass is 35.5. The maximum atomic E-state index is 14.3. The van der Waals surface area contributed by atoms with Crippen LogP contribution in [0.25, 0.3) is 0 Å². The molecule has 1 spiro atoms. The second-order valence-electron chi connectivity index (χ2n) is 7.88. The van der Waals surface area contributed by atoms with E-state index in [4.69, 9.17) is 27.9 Å². The molecule has 170 valence electrons. The zero-order valence-electron chi connectivity index (χ0n) is 16.9. The Bertz CT molecular complexity index is 1410. The molecule has 1 aliphatic heterocycles. The summed E-state index contributed by atoms with van der Waals surface area (Å²) in [7, 11) is -4.29. The summed E-state index contributed by atoms with van der Waals surface area (Å²) in [5.41, 5.74) is 0.482. The summed E-state index contributed by atoms with van der Waals surface area (Å²) in [6, 6.07) is 9.38. The molecular weight excluding hydrogens is 492 g/mol. The summed E-state index contributed by atoms with van der Waals surface area (Å²) in [5.74, 6) is -0.567. The molecule has 0 unspecified atom stereocenters. The second kappa shape index (κ2) is 7.86. The number of nitrogens with one attached hydrogen (secondary N) is 2. The van der Waals surface area contributed by atoms with Crippen molar-refractivity contribution in [1.82, 2.24) is 4.98 Å². The van der Waals surface area contributed by atoms with Gasteiger partial charge in [0.2, 0.25) is 5.91 Å². The highest BCUT2D eigenvalue weighted by Crippen LogP contribution is 2.55. The number of hydrogen-bond acceptors (Lipinski definition) is 5. The number of carbonyl (C=O) groups excluding carboxylic acids is 1. The molecule has 2 aromatic carbocycles. The lowest BCUT2D eigenvalue weighted by Crippen LogP contribution is -2.40. The number of hydrogen-bond donors (Lipinski definition) is 2. The van der Waals surface area contributed by atoms with Crippen molar-refractivity contribution in [2.75, 3.05) is 10.0 Å². The summed E-state index contributed by atoms with van der Waals surface area (Å²) < 4.78 is 48.5. The first-order chi connectivity index (χ1) is 15.7. The number of nitrogens with zero attached hydrogens (tertiary/aromatic N) is 1.